The largest absolute Gasteiger partial charge is 0.478 e. The van der Waals surface area contributed by atoms with Gasteiger partial charge in [-0.05, 0) is 55.4 Å². The first kappa shape index (κ1) is 12.6. The molecule has 0 atom stereocenters. The number of carboxylic acid groups (broad SMARTS) is 1. The fourth-order valence-electron chi connectivity index (χ4n) is 2.59. The van der Waals surface area contributed by atoms with Crippen LogP contribution >= 0.6 is 0 Å². The van der Waals surface area contributed by atoms with Crippen molar-refractivity contribution in [3.8, 4) is 0 Å². The molecule has 1 fully saturated rings. The van der Waals surface area contributed by atoms with E-state index in [1.54, 1.807) is 6.92 Å². The second kappa shape index (κ2) is 4.44. The third-order valence-corrected chi connectivity index (χ3v) is 3.96. The van der Waals surface area contributed by atoms with Gasteiger partial charge in [-0.1, -0.05) is 6.42 Å². The average molecular weight is 247 g/mol. The second-order valence-electron chi connectivity index (χ2n) is 4.93. The minimum absolute atomic E-state index is 0.171. The van der Waals surface area contributed by atoms with Crippen molar-refractivity contribution in [2.75, 3.05) is 0 Å². The maximum Gasteiger partial charge on any atom is 0.335 e. The van der Waals surface area contributed by atoms with Crippen molar-refractivity contribution in [3.63, 3.8) is 0 Å². The van der Waals surface area contributed by atoms with Gasteiger partial charge in [0, 0.05) is 5.56 Å². The van der Waals surface area contributed by atoms with Gasteiger partial charge in [-0.3, -0.25) is 4.79 Å². The van der Waals surface area contributed by atoms with E-state index >= 15 is 0 Å². The predicted octanol–water partition coefficient (Wildman–Crippen LogP) is 2.37. The highest BCUT2D eigenvalue weighted by Gasteiger charge is 2.28. The summed E-state index contributed by atoms with van der Waals surface area (Å²) >= 11 is 0. The number of carbonyl (C=O) groups excluding carboxylic acids is 1. The number of carboxylic acids is 1. The highest BCUT2D eigenvalue weighted by Crippen LogP contribution is 2.41. The van der Waals surface area contributed by atoms with Gasteiger partial charge in [0.25, 0.3) is 0 Å². The summed E-state index contributed by atoms with van der Waals surface area (Å²) in [6.07, 6.45) is 3.25. The Morgan fingerprint density at radius 1 is 1.22 bits per heavy atom. The van der Waals surface area contributed by atoms with Crippen molar-refractivity contribution in [2.24, 2.45) is 5.73 Å². The minimum Gasteiger partial charge on any atom is -0.478 e. The van der Waals surface area contributed by atoms with Crippen LogP contribution in [0, 0.1) is 13.8 Å². The molecule has 1 saturated carbocycles. The van der Waals surface area contributed by atoms with Gasteiger partial charge in [-0.15, -0.1) is 0 Å². The zero-order valence-corrected chi connectivity index (χ0v) is 10.6. The third kappa shape index (κ3) is 1.88. The Morgan fingerprint density at radius 2 is 1.83 bits per heavy atom. The van der Waals surface area contributed by atoms with Gasteiger partial charge in [-0.2, -0.15) is 0 Å². The molecule has 1 aliphatic carbocycles. The number of carbonyl (C=O) groups is 2. The molecule has 4 nitrogen and oxygen atoms in total. The van der Waals surface area contributed by atoms with Crippen molar-refractivity contribution >= 4 is 11.9 Å². The number of amides is 1. The van der Waals surface area contributed by atoms with Gasteiger partial charge in [-0.25, -0.2) is 4.79 Å². The molecule has 0 heterocycles. The number of benzene rings is 1. The molecule has 1 aromatic rings. The maximum atomic E-state index is 11.5. The summed E-state index contributed by atoms with van der Waals surface area (Å²) in [5, 5.41) is 9.14. The summed E-state index contributed by atoms with van der Waals surface area (Å²) in [7, 11) is 0. The van der Waals surface area contributed by atoms with Crippen LogP contribution < -0.4 is 5.73 Å². The minimum atomic E-state index is -1.02. The highest BCUT2D eigenvalue weighted by atomic mass is 16.4. The van der Waals surface area contributed by atoms with Gasteiger partial charge in [0.15, 0.2) is 0 Å². The van der Waals surface area contributed by atoms with E-state index in [4.69, 9.17) is 10.8 Å². The molecule has 0 saturated heterocycles. The predicted molar refractivity (Wildman–Crippen MR) is 68.0 cm³/mol. The van der Waals surface area contributed by atoms with Crippen LogP contribution in [-0.4, -0.2) is 17.0 Å². The Balaban J connectivity index is 2.67. The van der Waals surface area contributed by atoms with Gasteiger partial charge in [0.05, 0.1) is 5.56 Å². The summed E-state index contributed by atoms with van der Waals surface area (Å²) < 4.78 is 0. The fourth-order valence-corrected chi connectivity index (χ4v) is 2.59. The first-order valence-electron chi connectivity index (χ1n) is 6.10. The lowest BCUT2D eigenvalue weighted by Gasteiger charge is -2.30. The zero-order chi connectivity index (χ0) is 13.4. The number of aromatic carboxylic acids is 1. The second-order valence-corrected chi connectivity index (χ2v) is 4.93. The van der Waals surface area contributed by atoms with Crippen LogP contribution in [0.5, 0.6) is 0 Å². The van der Waals surface area contributed by atoms with Crippen LogP contribution in [0.3, 0.4) is 0 Å². The molecule has 0 bridgehead atoms. The molecule has 2 rings (SSSR count). The third-order valence-electron chi connectivity index (χ3n) is 3.96. The van der Waals surface area contributed by atoms with Crippen LogP contribution in [0.15, 0.2) is 6.07 Å². The number of hydrogen-bond acceptors (Lipinski definition) is 2. The van der Waals surface area contributed by atoms with E-state index in [0.29, 0.717) is 11.5 Å². The first-order valence-corrected chi connectivity index (χ1v) is 6.10. The van der Waals surface area contributed by atoms with Crippen LogP contribution in [-0.2, 0) is 0 Å². The normalized spacial score (nSPS) is 15.2. The summed E-state index contributed by atoms with van der Waals surface area (Å²) in [5.74, 6) is -1.20. The van der Waals surface area contributed by atoms with Crippen LogP contribution in [0.25, 0.3) is 0 Å². The Labute approximate surface area is 106 Å². The summed E-state index contributed by atoms with van der Waals surface area (Å²) in [6, 6.07) is 1.43. The molecule has 1 aliphatic rings. The molecule has 1 amide bonds. The monoisotopic (exact) mass is 247 g/mol. The molecule has 0 radical (unpaired) electrons. The number of hydrogen-bond donors (Lipinski definition) is 2. The molecule has 1 aromatic carbocycles. The molecule has 0 aromatic heterocycles. The number of rotatable bonds is 3. The molecule has 4 heteroatoms. The van der Waals surface area contributed by atoms with E-state index in [2.05, 4.69) is 0 Å². The number of primary amides is 1. The quantitative estimate of drug-likeness (QED) is 0.860. The lowest BCUT2D eigenvalue weighted by molar-refractivity contribution is 0.0696. The summed E-state index contributed by atoms with van der Waals surface area (Å²) in [5.41, 5.74) is 8.52. The van der Waals surface area contributed by atoms with Crippen molar-refractivity contribution < 1.29 is 14.7 Å². The summed E-state index contributed by atoms with van der Waals surface area (Å²) in [6.45, 7) is 3.66. The molecule has 0 aliphatic heterocycles. The smallest absolute Gasteiger partial charge is 0.335 e. The molecule has 96 valence electrons. The average Bonchev–Trinajstić information content (AvgIpc) is 2.21. The van der Waals surface area contributed by atoms with Crippen LogP contribution in [0.4, 0.5) is 0 Å². The standard InChI is InChI=1S/C14H17NO3/c1-7-8(2)12(9-4-3-5-9)11(13(15)16)6-10(7)14(17)18/h6,9H,3-5H2,1-2H3,(H2,15,16)(H,17,18). The van der Waals surface area contributed by atoms with Gasteiger partial charge >= 0.3 is 5.97 Å². The molecular formula is C14H17NO3. The Morgan fingerprint density at radius 3 is 2.22 bits per heavy atom. The van der Waals surface area contributed by atoms with Crippen molar-refractivity contribution in [1.29, 1.82) is 0 Å². The van der Waals surface area contributed by atoms with Crippen LogP contribution in [0.2, 0.25) is 0 Å². The fraction of sp³-hybridized carbons (Fsp3) is 0.429. The SMILES string of the molecule is Cc1c(C(=O)O)cc(C(N)=O)c(C2CCC2)c1C. The highest BCUT2D eigenvalue weighted by molar-refractivity contribution is 5.99. The molecule has 18 heavy (non-hydrogen) atoms. The van der Waals surface area contributed by atoms with E-state index in [1.165, 1.54) is 6.07 Å². The summed E-state index contributed by atoms with van der Waals surface area (Å²) in [4.78, 5) is 22.7. The van der Waals surface area contributed by atoms with Gasteiger partial charge in [0.1, 0.15) is 0 Å². The molecular weight excluding hydrogens is 230 g/mol. The van der Waals surface area contributed by atoms with E-state index in [0.717, 1.165) is 36.0 Å². The lowest BCUT2D eigenvalue weighted by atomic mass is 9.75. The van der Waals surface area contributed by atoms with Gasteiger partial charge < -0.3 is 10.8 Å². The lowest BCUT2D eigenvalue weighted by Crippen LogP contribution is -2.22. The van der Waals surface area contributed by atoms with E-state index < -0.39 is 11.9 Å². The zero-order valence-electron chi connectivity index (χ0n) is 10.6. The van der Waals surface area contributed by atoms with Crippen LogP contribution in [0.1, 0.15) is 62.6 Å². The first-order chi connectivity index (χ1) is 8.43. The van der Waals surface area contributed by atoms with Crippen molar-refractivity contribution in [2.45, 2.75) is 39.0 Å². The topological polar surface area (TPSA) is 80.4 Å². The van der Waals surface area contributed by atoms with Gasteiger partial charge in [0.2, 0.25) is 5.91 Å². The van der Waals surface area contributed by atoms with Crippen molar-refractivity contribution in [3.05, 3.63) is 33.9 Å². The molecule has 0 spiro atoms. The van der Waals surface area contributed by atoms with E-state index in [1.807, 2.05) is 6.92 Å². The molecule has 3 N–H and O–H groups in total. The Bertz CT molecular complexity index is 530. The van der Waals surface area contributed by atoms with Crippen molar-refractivity contribution in [1.82, 2.24) is 0 Å². The van der Waals surface area contributed by atoms with E-state index in [-0.39, 0.29) is 5.56 Å². The molecule has 0 unspecified atom stereocenters. The number of nitrogens with two attached hydrogens (primary N) is 1. The Kier molecular flexibility index (Phi) is 3.11. The van der Waals surface area contributed by atoms with E-state index in [9.17, 15) is 9.59 Å². The Hall–Kier alpha value is -1.84. The maximum absolute atomic E-state index is 11.5.